The summed E-state index contributed by atoms with van der Waals surface area (Å²) >= 11 is 0. The molecule has 2 rings (SSSR count). The molecule has 0 saturated heterocycles. The zero-order valence-corrected chi connectivity index (χ0v) is 9.91. The Balaban J connectivity index is 1.80. The molecule has 1 aliphatic rings. The largest absolute Gasteiger partial charge is 0.311 e. The van der Waals surface area contributed by atoms with Crippen molar-refractivity contribution in [3.8, 4) is 11.8 Å². The molecule has 0 unspecified atom stereocenters. The van der Waals surface area contributed by atoms with Crippen LogP contribution in [0.3, 0.4) is 0 Å². The van der Waals surface area contributed by atoms with Crippen LogP contribution >= 0.6 is 0 Å². The Kier molecular flexibility index (Phi) is 4.26. The Labute approximate surface area is 105 Å². The number of nitrogens with zero attached hydrogens (tertiary/aromatic N) is 2. The van der Waals surface area contributed by atoms with E-state index in [1.165, 1.54) is 12.1 Å². The summed E-state index contributed by atoms with van der Waals surface area (Å²) in [5, 5.41) is 7.18. The fraction of sp³-hybridized carbons (Fsp3) is 0.385. The average Bonchev–Trinajstić information content (AvgIpc) is 3.19. The molecule has 3 N–H and O–H groups in total. The number of hydrogen-bond acceptors (Lipinski definition) is 2. The van der Waals surface area contributed by atoms with Gasteiger partial charge in [0, 0.05) is 6.54 Å². The smallest absolute Gasteiger partial charge is 0.215 e. The van der Waals surface area contributed by atoms with Gasteiger partial charge in [-0.05, 0) is 31.4 Å². The van der Waals surface area contributed by atoms with Gasteiger partial charge in [0.2, 0.25) is 5.84 Å². The number of amidine groups is 1. The van der Waals surface area contributed by atoms with E-state index in [-0.39, 0.29) is 0 Å². The van der Waals surface area contributed by atoms with E-state index in [4.69, 9.17) is 5.21 Å². The molecule has 4 nitrogen and oxygen atoms in total. The molecule has 0 fully saturated rings. The molecule has 5 heteroatoms. The summed E-state index contributed by atoms with van der Waals surface area (Å²) in [4.78, 5) is 8.13. The first kappa shape index (κ1) is 12.5. The van der Waals surface area contributed by atoms with Gasteiger partial charge in [-0.15, -0.1) is 5.48 Å². The normalized spacial score (nSPS) is 14.0. The number of nitrogens with one attached hydrogen (secondary N) is 1. The summed E-state index contributed by atoms with van der Waals surface area (Å²) in [6, 6.07) is 2.81. The minimum atomic E-state index is -0.396. The second-order valence-electron chi connectivity index (χ2n) is 4.05. The van der Waals surface area contributed by atoms with Crippen molar-refractivity contribution >= 4 is 5.84 Å². The third-order valence-corrected chi connectivity index (χ3v) is 2.61. The monoisotopic (exact) mass is 248 g/mol. The van der Waals surface area contributed by atoms with Gasteiger partial charge in [0.1, 0.15) is 11.5 Å². The highest BCUT2D eigenvalue weighted by Gasteiger charge is 2.09. The number of halogens is 1. The van der Waals surface area contributed by atoms with Gasteiger partial charge in [0.25, 0.3) is 0 Å². The van der Waals surface area contributed by atoms with Crippen molar-refractivity contribution in [2.45, 2.75) is 19.3 Å². The number of hydroxylamine groups is 1. The summed E-state index contributed by atoms with van der Waals surface area (Å²) in [6.07, 6.45) is 4.21. The van der Waals surface area contributed by atoms with Gasteiger partial charge in [-0.2, -0.15) is 0 Å². The van der Waals surface area contributed by atoms with Crippen molar-refractivity contribution in [2.75, 3.05) is 6.54 Å². The van der Waals surface area contributed by atoms with Crippen molar-refractivity contribution in [1.29, 1.82) is 0 Å². The van der Waals surface area contributed by atoms with E-state index in [0.717, 1.165) is 25.5 Å². The van der Waals surface area contributed by atoms with Crippen molar-refractivity contribution < 1.29 is 9.60 Å². The van der Waals surface area contributed by atoms with Crippen LogP contribution in [-0.4, -0.2) is 22.6 Å². The summed E-state index contributed by atoms with van der Waals surface area (Å²) in [7, 11) is 0. The van der Waals surface area contributed by atoms with Crippen LogP contribution in [0.25, 0.3) is 0 Å². The van der Waals surface area contributed by atoms with Crippen LogP contribution in [0.2, 0.25) is 0 Å². The van der Waals surface area contributed by atoms with Crippen LogP contribution in [0, 0.1) is 23.6 Å². The number of pyridine rings is 1. The van der Waals surface area contributed by atoms with Gasteiger partial charge < -0.3 is 5.21 Å². The summed E-state index contributed by atoms with van der Waals surface area (Å²) in [6.45, 7) is 0.632. The number of rotatable bonds is 6. The maximum atomic E-state index is 12.7. The molecule has 18 heavy (non-hydrogen) atoms. The van der Waals surface area contributed by atoms with E-state index < -0.39 is 5.82 Å². The third kappa shape index (κ3) is 3.82. The lowest BCUT2D eigenvalue weighted by Crippen LogP contribution is -2.22. The standard InChI is InChI=1S/C13H14FN3O/c14-11-6-7-12(16-9-11)13(17-18)15-8-2-1-3-10-4-5-10/h6-7,9-10,18H,1-3,8H2,(H,15,17)/p+1. The lowest BCUT2D eigenvalue weighted by Gasteiger charge is -2.02. The van der Waals surface area contributed by atoms with Crippen LogP contribution in [0.1, 0.15) is 25.0 Å². The molecule has 1 heterocycles. The fourth-order valence-electron chi connectivity index (χ4n) is 1.55. The van der Waals surface area contributed by atoms with Crippen molar-refractivity contribution in [1.82, 2.24) is 10.5 Å². The van der Waals surface area contributed by atoms with Crippen LogP contribution in [0.5, 0.6) is 0 Å². The van der Waals surface area contributed by atoms with Crippen LogP contribution in [-0.2, 0) is 0 Å². The molecule has 0 spiro atoms. The molecule has 1 aromatic heterocycles. The van der Waals surface area contributed by atoms with E-state index in [2.05, 4.69) is 27.3 Å². The van der Waals surface area contributed by atoms with Crippen LogP contribution in [0.4, 0.5) is 4.39 Å². The second-order valence-corrected chi connectivity index (χ2v) is 4.05. The summed E-state index contributed by atoms with van der Waals surface area (Å²) < 4.78 is 12.7. The Morgan fingerprint density at radius 1 is 1.44 bits per heavy atom. The minimum Gasteiger partial charge on any atom is -0.311 e. The Morgan fingerprint density at radius 3 is 2.89 bits per heavy atom. The summed E-state index contributed by atoms with van der Waals surface area (Å²) in [5.74, 6) is 6.44. The quantitative estimate of drug-likeness (QED) is 0.204. The number of hydrogen-bond donors (Lipinski definition) is 1. The number of unbranched alkanes of at least 4 members (excludes halogenated alkanes) is 1. The minimum absolute atomic E-state index is 0.373. The SMILES string of the molecule is [OH2+]NC(=NCCCCC1C#C1)c1ccc(F)cn1. The molecule has 1 aliphatic carbocycles. The topological polar surface area (TPSA) is 60.2 Å². The number of aliphatic imine (C=N–C) groups is 1. The molecule has 0 atom stereocenters. The van der Waals surface area contributed by atoms with Gasteiger partial charge in [-0.25, -0.2) is 9.37 Å². The molecule has 0 aromatic carbocycles. The first-order chi connectivity index (χ1) is 8.79. The average molecular weight is 248 g/mol. The Morgan fingerprint density at radius 2 is 2.28 bits per heavy atom. The third-order valence-electron chi connectivity index (χ3n) is 2.61. The predicted octanol–water partition coefficient (Wildman–Crippen LogP) is 1.00. The molecule has 0 bridgehead atoms. The molecule has 0 aliphatic heterocycles. The van der Waals surface area contributed by atoms with E-state index in [1.807, 2.05) is 0 Å². The van der Waals surface area contributed by atoms with E-state index >= 15 is 0 Å². The molecule has 94 valence electrons. The van der Waals surface area contributed by atoms with Gasteiger partial charge in [-0.1, -0.05) is 11.8 Å². The van der Waals surface area contributed by atoms with Gasteiger partial charge >= 0.3 is 0 Å². The molecule has 0 saturated carbocycles. The molecule has 0 amide bonds. The first-order valence-corrected chi connectivity index (χ1v) is 5.90. The zero-order valence-electron chi connectivity index (χ0n) is 9.91. The van der Waals surface area contributed by atoms with E-state index in [1.54, 1.807) is 0 Å². The molecule has 0 radical (unpaired) electrons. The van der Waals surface area contributed by atoms with Gasteiger partial charge in [0.05, 0.1) is 12.1 Å². The first-order valence-electron chi connectivity index (χ1n) is 5.90. The van der Waals surface area contributed by atoms with Crippen LogP contribution in [0.15, 0.2) is 23.3 Å². The molecular formula is C13H15FN3O+. The highest BCUT2D eigenvalue weighted by molar-refractivity contribution is 5.96. The molecular weight excluding hydrogens is 233 g/mol. The lowest BCUT2D eigenvalue weighted by atomic mass is 10.1. The fourth-order valence-corrected chi connectivity index (χ4v) is 1.55. The van der Waals surface area contributed by atoms with Gasteiger partial charge in [-0.3, -0.25) is 4.99 Å². The van der Waals surface area contributed by atoms with Gasteiger partial charge in [0.15, 0.2) is 0 Å². The van der Waals surface area contributed by atoms with Crippen molar-refractivity contribution in [3.63, 3.8) is 0 Å². The zero-order chi connectivity index (χ0) is 12.8. The summed E-state index contributed by atoms with van der Waals surface area (Å²) in [5.41, 5.74) is 2.72. The second kappa shape index (κ2) is 6.12. The number of aromatic nitrogens is 1. The van der Waals surface area contributed by atoms with Crippen molar-refractivity contribution in [2.24, 2.45) is 10.9 Å². The maximum absolute atomic E-state index is 12.7. The lowest BCUT2D eigenvalue weighted by molar-refractivity contribution is 0.234. The predicted molar refractivity (Wildman–Crippen MR) is 67.5 cm³/mol. The highest BCUT2D eigenvalue weighted by Crippen LogP contribution is 2.13. The Hall–Kier alpha value is -1.93. The highest BCUT2D eigenvalue weighted by atomic mass is 19.1. The van der Waals surface area contributed by atoms with Crippen LogP contribution < -0.4 is 5.48 Å². The van der Waals surface area contributed by atoms with Crippen molar-refractivity contribution in [3.05, 3.63) is 29.8 Å². The Bertz CT molecular complexity index is 479. The van der Waals surface area contributed by atoms with E-state index in [0.29, 0.717) is 24.0 Å². The maximum Gasteiger partial charge on any atom is 0.215 e. The van der Waals surface area contributed by atoms with E-state index in [9.17, 15) is 4.39 Å². The molecule has 1 aromatic rings.